The van der Waals surface area contributed by atoms with Crippen LogP contribution in [0.3, 0.4) is 0 Å². The lowest BCUT2D eigenvalue weighted by molar-refractivity contribution is -0.385. The van der Waals surface area contributed by atoms with E-state index in [1.54, 1.807) is 20.8 Å². The molecule has 0 radical (unpaired) electrons. The number of nitrogens with zero attached hydrogens (tertiary/aromatic N) is 1. The van der Waals surface area contributed by atoms with Crippen molar-refractivity contribution in [1.82, 2.24) is 5.32 Å². The number of carbonyl (C=O) groups excluding carboxylic acids is 2. The quantitative estimate of drug-likeness (QED) is 0.512. The van der Waals surface area contributed by atoms with Gasteiger partial charge in [-0.1, -0.05) is 0 Å². The molecule has 0 aliphatic carbocycles. The Morgan fingerprint density at radius 3 is 2.64 bits per heavy atom. The zero-order chi connectivity index (χ0) is 16.9. The van der Waals surface area contributed by atoms with E-state index in [1.807, 2.05) is 0 Å². The van der Waals surface area contributed by atoms with Crippen LogP contribution in [0.2, 0.25) is 0 Å². The zero-order valence-corrected chi connectivity index (χ0v) is 12.5. The van der Waals surface area contributed by atoms with Crippen molar-refractivity contribution in [3.8, 4) is 0 Å². The number of hydrogen-bond acceptors (Lipinski definition) is 5. The van der Waals surface area contributed by atoms with Gasteiger partial charge in [0.05, 0.1) is 11.0 Å². The maximum absolute atomic E-state index is 13.9. The summed E-state index contributed by atoms with van der Waals surface area (Å²) in [6, 6.07) is 1.86. The Kier molecular flexibility index (Phi) is 5.56. The molecule has 0 saturated carbocycles. The molecule has 0 saturated heterocycles. The van der Waals surface area contributed by atoms with Crippen LogP contribution in [-0.2, 0) is 9.53 Å². The fraction of sp³-hybridized carbons (Fsp3) is 0.429. The third kappa shape index (κ3) is 5.12. The first-order valence-corrected chi connectivity index (χ1v) is 6.51. The molecule has 8 heteroatoms. The Morgan fingerprint density at radius 2 is 2.14 bits per heavy atom. The predicted molar refractivity (Wildman–Crippen MR) is 75.8 cm³/mol. The maximum Gasteiger partial charge on any atom is 0.408 e. The smallest absolute Gasteiger partial charge is 0.408 e. The minimum absolute atomic E-state index is 0.146. The lowest BCUT2D eigenvalue weighted by atomic mass is 10.0. The van der Waals surface area contributed by atoms with Crippen molar-refractivity contribution < 1.29 is 23.6 Å². The van der Waals surface area contributed by atoms with Crippen molar-refractivity contribution >= 4 is 18.1 Å². The molecule has 0 unspecified atom stereocenters. The summed E-state index contributed by atoms with van der Waals surface area (Å²) in [7, 11) is 0. The number of rotatable bonds is 5. The monoisotopic (exact) mass is 312 g/mol. The van der Waals surface area contributed by atoms with E-state index < -0.39 is 28.5 Å². The van der Waals surface area contributed by atoms with Crippen LogP contribution in [0.25, 0.3) is 0 Å². The van der Waals surface area contributed by atoms with Crippen LogP contribution < -0.4 is 5.32 Å². The summed E-state index contributed by atoms with van der Waals surface area (Å²) in [6.07, 6.45) is -0.595. The molecule has 1 N–H and O–H groups in total. The first-order valence-electron chi connectivity index (χ1n) is 6.51. The maximum atomic E-state index is 13.9. The molecule has 7 nitrogen and oxygen atoms in total. The van der Waals surface area contributed by atoms with Gasteiger partial charge in [0.15, 0.2) is 0 Å². The molecular weight excluding hydrogens is 295 g/mol. The number of nitrogens with one attached hydrogen (secondary N) is 1. The lowest BCUT2D eigenvalue weighted by Crippen LogP contribution is -2.35. The molecule has 1 aromatic rings. The highest BCUT2D eigenvalue weighted by atomic mass is 19.1. The second kappa shape index (κ2) is 6.97. The van der Waals surface area contributed by atoms with Gasteiger partial charge in [0.1, 0.15) is 17.7 Å². The topological polar surface area (TPSA) is 98.5 Å². The predicted octanol–water partition coefficient (Wildman–Crippen LogP) is 2.89. The number of carbonyl (C=O) groups is 2. The number of aldehydes is 1. The molecule has 0 fully saturated rings. The van der Waals surface area contributed by atoms with Gasteiger partial charge in [0.2, 0.25) is 0 Å². The van der Waals surface area contributed by atoms with Crippen LogP contribution in [0.15, 0.2) is 18.2 Å². The summed E-state index contributed by atoms with van der Waals surface area (Å²) in [5.74, 6) is -0.756. The van der Waals surface area contributed by atoms with Crippen molar-refractivity contribution in [2.45, 2.75) is 38.8 Å². The molecule has 1 atom stereocenters. The van der Waals surface area contributed by atoms with E-state index >= 15 is 0 Å². The van der Waals surface area contributed by atoms with Crippen LogP contribution in [-0.4, -0.2) is 22.9 Å². The average molecular weight is 312 g/mol. The molecule has 22 heavy (non-hydrogen) atoms. The van der Waals surface area contributed by atoms with Gasteiger partial charge in [-0.2, -0.15) is 0 Å². The van der Waals surface area contributed by atoms with Gasteiger partial charge in [-0.05, 0) is 26.8 Å². The fourth-order valence-corrected chi connectivity index (χ4v) is 1.72. The van der Waals surface area contributed by atoms with E-state index in [-0.39, 0.29) is 17.7 Å². The minimum Gasteiger partial charge on any atom is -0.444 e. The van der Waals surface area contributed by atoms with Crippen molar-refractivity contribution in [2.75, 3.05) is 0 Å². The number of nitro groups is 1. The highest BCUT2D eigenvalue weighted by molar-refractivity contribution is 5.69. The molecule has 120 valence electrons. The summed E-state index contributed by atoms with van der Waals surface area (Å²) in [4.78, 5) is 32.5. The average Bonchev–Trinajstić information content (AvgIpc) is 2.36. The van der Waals surface area contributed by atoms with Crippen molar-refractivity contribution in [3.63, 3.8) is 0 Å². The number of alkyl carbamates (subject to hydrolysis) is 1. The number of ether oxygens (including phenoxy) is 1. The number of amides is 1. The SMILES string of the molecule is CC(C)(C)OC(=O)N[C@@H](CC=O)c1cc([N+](=O)[O-])ccc1F. The molecule has 0 aliphatic heterocycles. The molecule has 1 amide bonds. The van der Waals surface area contributed by atoms with Gasteiger partial charge >= 0.3 is 6.09 Å². The summed E-state index contributed by atoms with van der Waals surface area (Å²) in [6.45, 7) is 4.94. The van der Waals surface area contributed by atoms with Gasteiger partial charge in [-0.15, -0.1) is 0 Å². The third-order valence-electron chi connectivity index (χ3n) is 2.59. The summed E-state index contributed by atoms with van der Waals surface area (Å²) in [5.41, 5.74) is -1.25. The van der Waals surface area contributed by atoms with Crippen molar-refractivity contribution in [3.05, 3.63) is 39.7 Å². The molecule has 0 bridgehead atoms. The van der Waals surface area contributed by atoms with Crippen LogP contribution in [0.4, 0.5) is 14.9 Å². The molecule has 0 aromatic heterocycles. The Morgan fingerprint density at radius 1 is 1.50 bits per heavy atom. The molecule has 0 spiro atoms. The van der Waals surface area contributed by atoms with Gasteiger partial charge in [0.25, 0.3) is 5.69 Å². The number of halogens is 1. The first kappa shape index (κ1) is 17.5. The Bertz CT molecular complexity index is 583. The Balaban J connectivity index is 3.05. The minimum atomic E-state index is -1.05. The highest BCUT2D eigenvalue weighted by Gasteiger charge is 2.24. The van der Waals surface area contributed by atoms with E-state index in [0.29, 0.717) is 6.29 Å². The highest BCUT2D eigenvalue weighted by Crippen LogP contribution is 2.25. The Labute approximate surface area is 126 Å². The molecule has 0 aliphatic rings. The number of non-ortho nitro benzene ring substituents is 1. The van der Waals surface area contributed by atoms with E-state index in [0.717, 1.165) is 18.2 Å². The van der Waals surface area contributed by atoms with Crippen LogP contribution in [0, 0.1) is 15.9 Å². The third-order valence-corrected chi connectivity index (χ3v) is 2.59. The van der Waals surface area contributed by atoms with E-state index in [2.05, 4.69) is 5.32 Å². The van der Waals surface area contributed by atoms with Gasteiger partial charge < -0.3 is 14.8 Å². The largest absolute Gasteiger partial charge is 0.444 e. The van der Waals surface area contributed by atoms with Gasteiger partial charge in [0, 0.05) is 24.1 Å². The summed E-state index contributed by atoms with van der Waals surface area (Å²) >= 11 is 0. The number of benzene rings is 1. The van der Waals surface area contributed by atoms with Crippen LogP contribution >= 0.6 is 0 Å². The molecule has 1 rings (SSSR count). The first-order chi connectivity index (χ1) is 10.1. The van der Waals surface area contributed by atoms with E-state index in [9.17, 15) is 24.1 Å². The number of nitro benzene ring substituents is 1. The standard InChI is InChI=1S/C14H17FN2O5/c1-14(2,3)22-13(19)16-12(6-7-18)10-8-9(17(20)21)4-5-11(10)15/h4-5,7-8,12H,6H2,1-3H3,(H,16,19)/t12-/m0/s1. The van der Waals surface area contributed by atoms with Gasteiger partial charge in [-0.3, -0.25) is 10.1 Å². The van der Waals surface area contributed by atoms with E-state index in [1.165, 1.54) is 0 Å². The summed E-state index contributed by atoms with van der Waals surface area (Å²) < 4.78 is 18.9. The Hall–Kier alpha value is -2.51. The van der Waals surface area contributed by atoms with E-state index in [4.69, 9.17) is 4.74 Å². The van der Waals surface area contributed by atoms with Crippen molar-refractivity contribution in [2.24, 2.45) is 0 Å². The second-order valence-corrected chi connectivity index (χ2v) is 5.56. The molecule has 0 heterocycles. The normalized spacial score (nSPS) is 12.4. The second-order valence-electron chi connectivity index (χ2n) is 5.56. The van der Waals surface area contributed by atoms with Crippen LogP contribution in [0.1, 0.15) is 38.8 Å². The lowest BCUT2D eigenvalue weighted by Gasteiger charge is -2.23. The molecular formula is C14H17FN2O5. The van der Waals surface area contributed by atoms with Crippen LogP contribution in [0.5, 0.6) is 0 Å². The fourth-order valence-electron chi connectivity index (χ4n) is 1.72. The van der Waals surface area contributed by atoms with Gasteiger partial charge in [-0.25, -0.2) is 9.18 Å². The summed E-state index contributed by atoms with van der Waals surface area (Å²) in [5, 5.41) is 13.1. The number of hydrogen-bond donors (Lipinski definition) is 1. The van der Waals surface area contributed by atoms with Crippen molar-refractivity contribution in [1.29, 1.82) is 0 Å². The molecule has 1 aromatic carbocycles. The zero-order valence-electron chi connectivity index (χ0n) is 12.5.